The highest BCUT2D eigenvalue weighted by molar-refractivity contribution is 6.36. The first kappa shape index (κ1) is 20.9. The van der Waals surface area contributed by atoms with Crippen molar-refractivity contribution in [2.45, 2.75) is 33.6 Å². The molecule has 2 heterocycles. The predicted molar refractivity (Wildman–Crippen MR) is 111 cm³/mol. The molecule has 2 aliphatic heterocycles. The minimum atomic E-state index is -0.218. The number of rotatable bonds is 7. The molecule has 0 aliphatic carbocycles. The van der Waals surface area contributed by atoms with E-state index in [1.807, 2.05) is 19.1 Å². The molecule has 0 N–H and O–H groups in total. The van der Waals surface area contributed by atoms with Crippen molar-refractivity contribution in [3.8, 4) is 0 Å². The van der Waals surface area contributed by atoms with Crippen LogP contribution in [0.1, 0.15) is 39.2 Å². The third-order valence-electron chi connectivity index (χ3n) is 5.34. The number of imide groups is 1. The maximum atomic E-state index is 13.3. The molecule has 6 heteroatoms. The monoisotopic (exact) mass is 404 g/mol. The number of carbonyl (C=O) groups excluding carboxylic acids is 2. The molecule has 2 unspecified atom stereocenters. The quantitative estimate of drug-likeness (QED) is 0.512. The van der Waals surface area contributed by atoms with Crippen LogP contribution in [0, 0.1) is 11.8 Å². The number of piperidine rings is 1. The van der Waals surface area contributed by atoms with E-state index >= 15 is 0 Å². The maximum Gasteiger partial charge on any atom is 0.277 e. The minimum Gasteiger partial charge on any atom is -0.382 e. The average molecular weight is 405 g/mol. The molecular weight excluding hydrogens is 376 g/mol. The zero-order valence-electron chi connectivity index (χ0n) is 16.9. The van der Waals surface area contributed by atoms with Gasteiger partial charge in [0.15, 0.2) is 0 Å². The predicted octanol–water partition coefficient (Wildman–Crippen LogP) is 3.82. The number of amides is 2. The molecule has 2 atom stereocenters. The summed E-state index contributed by atoms with van der Waals surface area (Å²) in [5.74, 6) is 0.563. The summed E-state index contributed by atoms with van der Waals surface area (Å²) >= 11 is 6.03. The van der Waals surface area contributed by atoms with Gasteiger partial charge in [-0.25, -0.2) is 0 Å². The van der Waals surface area contributed by atoms with Crippen molar-refractivity contribution in [1.29, 1.82) is 0 Å². The summed E-state index contributed by atoms with van der Waals surface area (Å²) in [6, 6.07) is 7.17. The van der Waals surface area contributed by atoms with E-state index in [0.29, 0.717) is 54.3 Å². The van der Waals surface area contributed by atoms with Crippen LogP contribution in [0.2, 0.25) is 5.02 Å². The van der Waals surface area contributed by atoms with Crippen molar-refractivity contribution in [1.82, 2.24) is 9.80 Å². The van der Waals surface area contributed by atoms with Gasteiger partial charge in [-0.3, -0.25) is 14.5 Å². The molecule has 3 rings (SSSR count). The summed E-state index contributed by atoms with van der Waals surface area (Å²) in [6.45, 7) is 9.46. The summed E-state index contributed by atoms with van der Waals surface area (Å²) in [6.07, 6.45) is 1.78. The van der Waals surface area contributed by atoms with Gasteiger partial charge in [0, 0.05) is 37.9 Å². The van der Waals surface area contributed by atoms with Crippen molar-refractivity contribution < 1.29 is 14.3 Å². The van der Waals surface area contributed by atoms with E-state index in [9.17, 15) is 9.59 Å². The van der Waals surface area contributed by atoms with E-state index in [4.69, 9.17) is 16.3 Å². The van der Waals surface area contributed by atoms with Gasteiger partial charge in [-0.2, -0.15) is 0 Å². The maximum absolute atomic E-state index is 13.3. The largest absolute Gasteiger partial charge is 0.382 e. The Kier molecular flexibility index (Phi) is 6.78. The number of carbonyl (C=O) groups is 2. The summed E-state index contributed by atoms with van der Waals surface area (Å²) in [4.78, 5) is 30.0. The third kappa shape index (κ3) is 4.41. The zero-order valence-corrected chi connectivity index (χ0v) is 17.7. The van der Waals surface area contributed by atoms with Crippen LogP contribution >= 0.6 is 11.6 Å². The topological polar surface area (TPSA) is 49.9 Å². The SMILES string of the molecule is CCOCCCN1C(=O)C(c2ccc(Cl)cc2)=C(N2CC(C)CC(C)C2)C1=O. The second-order valence-electron chi connectivity index (χ2n) is 7.89. The molecule has 5 nitrogen and oxygen atoms in total. The molecule has 2 aliphatic rings. The van der Waals surface area contributed by atoms with Crippen LogP contribution in [0.4, 0.5) is 0 Å². The Morgan fingerprint density at radius 2 is 1.71 bits per heavy atom. The van der Waals surface area contributed by atoms with Gasteiger partial charge in [0.2, 0.25) is 0 Å². The minimum absolute atomic E-state index is 0.187. The van der Waals surface area contributed by atoms with Crippen LogP contribution < -0.4 is 0 Å². The molecule has 1 saturated heterocycles. The van der Waals surface area contributed by atoms with Crippen LogP contribution in [0.25, 0.3) is 5.57 Å². The molecule has 0 bridgehead atoms. The Labute approximate surface area is 172 Å². The van der Waals surface area contributed by atoms with Gasteiger partial charge in [0.1, 0.15) is 5.70 Å². The Hall–Kier alpha value is -1.85. The zero-order chi connectivity index (χ0) is 20.3. The highest BCUT2D eigenvalue weighted by atomic mass is 35.5. The van der Waals surface area contributed by atoms with E-state index in [2.05, 4.69) is 18.7 Å². The lowest BCUT2D eigenvalue weighted by molar-refractivity contribution is -0.137. The molecule has 1 aromatic carbocycles. The second-order valence-corrected chi connectivity index (χ2v) is 8.33. The van der Waals surface area contributed by atoms with Gasteiger partial charge in [-0.05, 0) is 49.3 Å². The number of benzene rings is 1. The van der Waals surface area contributed by atoms with Crippen molar-refractivity contribution in [3.63, 3.8) is 0 Å². The molecule has 152 valence electrons. The smallest absolute Gasteiger partial charge is 0.277 e. The molecule has 0 saturated carbocycles. The third-order valence-corrected chi connectivity index (χ3v) is 5.59. The number of halogens is 1. The van der Waals surface area contributed by atoms with Gasteiger partial charge in [0.05, 0.1) is 5.57 Å². The van der Waals surface area contributed by atoms with Crippen LogP contribution in [-0.2, 0) is 14.3 Å². The molecule has 0 radical (unpaired) electrons. The van der Waals surface area contributed by atoms with E-state index in [0.717, 1.165) is 25.1 Å². The Bertz CT molecular complexity index is 750. The van der Waals surface area contributed by atoms with Gasteiger partial charge >= 0.3 is 0 Å². The first-order chi connectivity index (χ1) is 13.4. The summed E-state index contributed by atoms with van der Waals surface area (Å²) < 4.78 is 5.37. The lowest BCUT2D eigenvalue weighted by Crippen LogP contribution is -2.42. The van der Waals surface area contributed by atoms with Crippen molar-refractivity contribution >= 4 is 29.0 Å². The van der Waals surface area contributed by atoms with Crippen molar-refractivity contribution in [2.75, 3.05) is 32.8 Å². The highest BCUT2D eigenvalue weighted by Crippen LogP contribution is 2.35. The number of hydrogen-bond acceptors (Lipinski definition) is 4. The fourth-order valence-electron chi connectivity index (χ4n) is 4.25. The molecular formula is C22H29ClN2O3. The standard InChI is InChI=1S/C22H29ClN2O3/c1-4-28-11-5-10-25-21(26)19(17-6-8-18(23)9-7-17)20(22(25)27)24-13-15(2)12-16(3)14-24/h6-9,15-16H,4-5,10-14H2,1-3H3. The molecule has 28 heavy (non-hydrogen) atoms. The first-order valence-electron chi connectivity index (χ1n) is 10.1. The van der Waals surface area contributed by atoms with Crippen molar-refractivity contribution in [2.24, 2.45) is 11.8 Å². The Morgan fingerprint density at radius 3 is 2.32 bits per heavy atom. The molecule has 1 aromatic rings. The molecule has 2 amide bonds. The summed E-state index contributed by atoms with van der Waals surface area (Å²) in [7, 11) is 0. The lowest BCUT2D eigenvalue weighted by atomic mass is 9.91. The molecule has 0 spiro atoms. The van der Waals surface area contributed by atoms with E-state index in [-0.39, 0.29) is 11.8 Å². The van der Waals surface area contributed by atoms with E-state index < -0.39 is 0 Å². The fraction of sp³-hybridized carbons (Fsp3) is 0.545. The van der Waals surface area contributed by atoms with E-state index in [1.165, 1.54) is 4.90 Å². The number of likely N-dealkylation sites (tertiary alicyclic amines) is 1. The van der Waals surface area contributed by atoms with Crippen LogP contribution in [-0.4, -0.2) is 54.5 Å². The highest BCUT2D eigenvalue weighted by Gasteiger charge is 2.42. The number of hydrogen-bond donors (Lipinski definition) is 0. The summed E-state index contributed by atoms with van der Waals surface area (Å²) in [5, 5.41) is 0.608. The second kappa shape index (κ2) is 9.10. The first-order valence-corrected chi connectivity index (χ1v) is 10.5. The number of ether oxygens (including phenoxy) is 1. The number of nitrogens with zero attached hydrogens (tertiary/aromatic N) is 2. The van der Waals surface area contributed by atoms with Gasteiger partial charge in [-0.1, -0.05) is 37.6 Å². The van der Waals surface area contributed by atoms with Gasteiger partial charge < -0.3 is 9.64 Å². The summed E-state index contributed by atoms with van der Waals surface area (Å²) in [5.41, 5.74) is 1.79. The lowest BCUT2D eigenvalue weighted by Gasteiger charge is -2.37. The average Bonchev–Trinajstić information content (AvgIpc) is 2.89. The van der Waals surface area contributed by atoms with Crippen LogP contribution in [0.3, 0.4) is 0 Å². The van der Waals surface area contributed by atoms with Gasteiger partial charge in [0.25, 0.3) is 11.8 Å². The molecule has 0 aromatic heterocycles. The van der Waals surface area contributed by atoms with Gasteiger partial charge in [-0.15, -0.1) is 0 Å². The Balaban J connectivity index is 1.94. The normalized spacial score (nSPS) is 23.1. The van der Waals surface area contributed by atoms with Crippen molar-refractivity contribution in [3.05, 3.63) is 40.5 Å². The Morgan fingerprint density at radius 1 is 1.07 bits per heavy atom. The van der Waals surface area contributed by atoms with Crippen LogP contribution in [0.15, 0.2) is 30.0 Å². The van der Waals surface area contributed by atoms with Crippen LogP contribution in [0.5, 0.6) is 0 Å². The molecule has 1 fully saturated rings. The van der Waals surface area contributed by atoms with E-state index in [1.54, 1.807) is 12.1 Å². The fourth-order valence-corrected chi connectivity index (χ4v) is 4.38.